The van der Waals surface area contributed by atoms with E-state index in [0.717, 1.165) is 46.2 Å². The number of pyridine rings is 2. The van der Waals surface area contributed by atoms with Gasteiger partial charge < -0.3 is 15.0 Å². The molecule has 0 saturated carbocycles. The maximum absolute atomic E-state index is 11.1. The van der Waals surface area contributed by atoms with Crippen LogP contribution in [0.25, 0.3) is 27.7 Å². The number of ether oxygens (including phenoxy) is 1. The fourth-order valence-electron chi connectivity index (χ4n) is 3.14. The third-order valence-corrected chi connectivity index (χ3v) is 4.60. The van der Waals surface area contributed by atoms with E-state index < -0.39 is 0 Å². The molecule has 0 aromatic carbocycles. The Bertz CT molecular complexity index is 1110. The summed E-state index contributed by atoms with van der Waals surface area (Å²) in [5.41, 5.74) is 5.50. The number of carbonyl (C=O) groups excluding carboxylic acids is 1. The van der Waals surface area contributed by atoms with Crippen LogP contribution in [0.2, 0.25) is 0 Å². The van der Waals surface area contributed by atoms with Crippen LogP contribution in [0.3, 0.4) is 0 Å². The van der Waals surface area contributed by atoms with E-state index in [9.17, 15) is 4.79 Å². The van der Waals surface area contributed by atoms with E-state index in [2.05, 4.69) is 39.3 Å². The molecule has 0 bridgehead atoms. The lowest BCUT2D eigenvalue weighted by Gasteiger charge is -2.05. The Morgan fingerprint density at radius 3 is 2.50 bits per heavy atom. The predicted molar refractivity (Wildman–Crippen MR) is 132 cm³/mol. The molecule has 6 nitrogen and oxygen atoms in total. The number of nitrogens with one attached hydrogen (secondary N) is 2. The largest absolute Gasteiger partial charge is 0.499 e. The third kappa shape index (κ3) is 6.75. The van der Waals surface area contributed by atoms with Gasteiger partial charge in [0.05, 0.1) is 12.4 Å². The Balaban J connectivity index is 0.00000114. The smallest absolute Gasteiger partial charge is 0.151 e. The first kappa shape index (κ1) is 24.8. The number of carbonyl (C=O) groups is 1. The summed E-state index contributed by atoms with van der Waals surface area (Å²) in [5, 5.41) is 3.79. The molecule has 0 fully saturated rings. The van der Waals surface area contributed by atoms with Gasteiger partial charge in [0.1, 0.15) is 5.65 Å². The van der Waals surface area contributed by atoms with Crippen LogP contribution in [0.4, 0.5) is 0 Å². The molecule has 0 aliphatic rings. The van der Waals surface area contributed by atoms with Crippen molar-refractivity contribution in [3.8, 4) is 11.1 Å². The van der Waals surface area contributed by atoms with Crippen LogP contribution in [0, 0.1) is 0 Å². The summed E-state index contributed by atoms with van der Waals surface area (Å²) in [7, 11) is 3.75. The Morgan fingerprint density at radius 1 is 1.09 bits per heavy atom. The highest BCUT2D eigenvalue weighted by molar-refractivity contribution is 5.93. The van der Waals surface area contributed by atoms with Crippen molar-refractivity contribution in [2.24, 2.45) is 0 Å². The van der Waals surface area contributed by atoms with E-state index in [1.807, 2.05) is 58.4 Å². The topological polar surface area (TPSA) is 79.9 Å². The van der Waals surface area contributed by atoms with E-state index in [4.69, 9.17) is 4.74 Å². The number of allylic oxidation sites excluding steroid dienone is 6. The van der Waals surface area contributed by atoms with Gasteiger partial charge in [0.2, 0.25) is 0 Å². The summed E-state index contributed by atoms with van der Waals surface area (Å²) in [6, 6.07) is 3.91. The lowest BCUT2D eigenvalue weighted by molar-refractivity contribution is 0.112. The SMILES string of the molecule is CCO/C(C)=C/C=C\C=C(/CC)c1c[nH]c2ncc(-c3cncc(C=O)c3)cc12.CNC. The van der Waals surface area contributed by atoms with Gasteiger partial charge in [-0.2, -0.15) is 0 Å². The molecule has 0 amide bonds. The van der Waals surface area contributed by atoms with Crippen molar-refractivity contribution < 1.29 is 9.53 Å². The molecule has 0 unspecified atom stereocenters. The Kier molecular flexibility index (Phi) is 10.1. The summed E-state index contributed by atoms with van der Waals surface area (Å²) < 4.78 is 5.43. The molecular weight excluding hydrogens is 400 g/mol. The van der Waals surface area contributed by atoms with E-state index >= 15 is 0 Å². The van der Waals surface area contributed by atoms with Crippen molar-refractivity contribution >= 4 is 22.9 Å². The molecule has 3 rings (SSSR count). The number of H-pyrrole nitrogens is 1. The lowest BCUT2D eigenvalue weighted by atomic mass is 10.0. The number of aromatic amines is 1. The second-order valence-electron chi connectivity index (χ2n) is 7.09. The fraction of sp³-hybridized carbons (Fsp3) is 0.269. The highest BCUT2D eigenvalue weighted by Crippen LogP contribution is 2.29. The number of nitrogens with zero attached hydrogens (tertiary/aromatic N) is 2. The maximum atomic E-state index is 11.1. The van der Waals surface area contributed by atoms with Gasteiger partial charge in [0, 0.05) is 52.4 Å². The zero-order chi connectivity index (χ0) is 23.3. The van der Waals surface area contributed by atoms with Crippen molar-refractivity contribution in [2.45, 2.75) is 27.2 Å². The first-order chi connectivity index (χ1) is 15.6. The quantitative estimate of drug-likeness (QED) is 0.277. The number of rotatable bonds is 8. The van der Waals surface area contributed by atoms with Gasteiger partial charge in [-0.15, -0.1) is 0 Å². The van der Waals surface area contributed by atoms with E-state index in [0.29, 0.717) is 12.2 Å². The van der Waals surface area contributed by atoms with Crippen LogP contribution in [0.5, 0.6) is 0 Å². The molecule has 3 heterocycles. The minimum atomic E-state index is 0.548. The lowest BCUT2D eigenvalue weighted by Crippen LogP contribution is -1.89. The van der Waals surface area contributed by atoms with Crippen LogP contribution in [0.1, 0.15) is 43.1 Å². The number of aromatic nitrogens is 3. The molecule has 0 spiro atoms. The van der Waals surface area contributed by atoms with Gasteiger partial charge in [0.25, 0.3) is 0 Å². The molecule has 0 saturated heterocycles. The second-order valence-corrected chi connectivity index (χ2v) is 7.09. The minimum absolute atomic E-state index is 0.548. The van der Waals surface area contributed by atoms with Gasteiger partial charge in [-0.1, -0.05) is 25.2 Å². The number of hydrogen-bond donors (Lipinski definition) is 2. The fourth-order valence-corrected chi connectivity index (χ4v) is 3.14. The number of hydrogen-bond acceptors (Lipinski definition) is 5. The minimum Gasteiger partial charge on any atom is -0.499 e. The van der Waals surface area contributed by atoms with Crippen molar-refractivity contribution in [1.29, 1.82) is 0 Å². The Hall–Kier alpha value is -3.51. The predicted octanol–water partition coefficient (Wildman–Crippen LogP) is 5.56. The Labute approximate surface area is 190 Å². The van der Waals surface area contributed by atoms with Gasteiger partial charge in [-0.25, -0.2) is 4.98 Å². The van der Waals surface area contributed by atoms with Gasteiger partial charge in [-0.05, 0) is 58.1 Å². The summed E-state index contributed by atoms with van der Waals surface area (Å²) >= 11 is 0. The molecule has 6 heteroatoms. The zero-order valence-electron chi connectivity index (χ0n) is 19.5. The molecule has 0 atom stereocenters. The van der Waals surface area contributed by atoms with E-state index in [1.165, 1.54) is 5.57 Å². The third-order valence-electron chi connectivity index (χ3n) is 4.60. The summed E-state index contributed by atoms with van der Waals surface area (Å²) in [5.74, 6) is 0.891. The molecule has 3 aromatic rings. The Morgan fingerprint density at radius 2 is 1.81 bits per heavy atom. The summed E-state index contributed by atoms with van der Waals surface area (Å²) in [4.78, 5) is 23.0. The van der Waals surface area contributed by atoms with E-state index in [1.54, 1.807) is 18.6 Å². The summed E-state index contributed by atoms with van der Waals surface area (Å²) in [6.45, 7) is 6.72. The van der Waals surface area contributed by atoms with Crippen LogP contribution in [0.15, 0.2) is 67.0 Å². The first-order valence-electron chi connectivity index (χ1n) is 10.7. The number of aldehydes is 1. The molecule has 168 valence electrons. The van der Waals surface area contributed by atoms with Crippen LogP contribution in [-0.2, 0) is 4.74 Å². The van der Waals surface area contributed by atoms with Crippen LogP contribution >= 0.6 is 0 Å². The molecule has 3 aromatic heterocycles. The summed E-state index contributed by atoms with van der Waals surface area (Å²) in [6.07, 6.45) is 16.8. The molecule has 32 heavy (non-hydrogen) atoms. The monoisotopic (exact) mass is 432 g/mol. The highest BCUT2D eigenvalue weighted by atomic mass is 16.5. The van der Waals surface area contributed by atoms with Crippen LogP contribution < -0.4 is 5.32 Å². The second kappa shape index (κ2) is 13.0. The average Bonchev–Trinajstić information content (AvgIpc) is 3.23. The molecule has 2 N–H and O–H groups in total. The number of fused-ring (bicyclic) bond motifs is 1. The molecule has 0 aliphatic carbocycles. The molecule has 0 aliphatic heterocycles. The highest BCUT2D eigenvalue weighted by Gasteiger charge is 2.10. The maximum Gasteiger partial charge on any atom is 0.151 e. The first-order valence-corrected chi connectivity index (χ1v) is 10.7. The molecular formula is C26H32N4O2. The van der Waals surface area contributed by atoms with Crippen molar-refractivity contribution in [1.82, 2.24) is 20.3 Å². The van der Waals surface area contributed by atoms with Crippen molar-refractivity contribution in [2.75, 3.05) is 20.7 Å². The van der Waals surface area contributed by atoms with Crippen molar-refractivity contribution in [3.63, 3.8) is 0 Å². The van der Waals surface area contributed by atoms with Gasteiger partial charge in [0.15, 0.2) is 6.29 Å². The zero-order valence-corrected chi connectivity index (χ0v) is 19.5. The molecule has 0 radical (unpaired) electrons. The van der Waals surface area contributed by atoms with Gasteiger partial charge in [-0.3, -0.25) is 9.78 Å². The van der Waals surface area contributed by atoms with Crippen LogP contribution in [-0.4, -0.2) is 41.9 Å². The van der Waals surface area contributed by atoms with E-state index in [-0.39, 0.29) is 0 Å². The normalized spacial score (nSPS) is 12.0. The van der Waals surface area contributed by atoms with Crippen molar-refractivity contribution in [3.05, 3.63) is 78.1 Å². The van der Waals surface area contributed by atoms with Gasteiger partial charge >= 0.3 is 0 Å². The standard InChI is InChI=1S/C24H25N3O2.C2H7N/c1-4-19(9-7-6-8-17(3)29-5-2)23-15-27-24-22(23)11-21(14-26-24)20-10-18(16-28)12-25-13-20;1-3-2/h6-16H,4-5H2,1-3H3,(H,26,27);3H,1-2H3/b7-6-,17-8+,19-9+;. The average molecular weight is 433 g/mol.